The second-order valence-corrected chi connectivity index (χ2v) is 11.1. The van der Waals surface area contributed by atoms with Gasteiger partial charge in [0.25, 0.3) is 0 Å². The van der Waals surface area contributed by atoms with Gasteiger partial charge in [-0.1, -0.05) is 44.2 Å². The molecule has 0 unspecified atom stereocenters. The summed E-state index contributed by atoms with van der Waals surface area (Å²) in [6, 6.07) is 7.78. The molecule has 8 nitrogen and oxygen atoms in total. The molecule has 0 aliphatic heterocycles. The number of alkyl carbamates (subject to hydrolysis) is 1. The number of ether oxygens (including phenoxy) is 2. The van der Waals surface area contributed by atoms with Crippen LogP contribution < -0.4 is 11.0 Å². The van der Waals surface area contributed by atoms with Crippen LogP contribution in [0.5, 0.6) is 0 Å². The fourth-order valence-electron chi connectivity index (χ4n) is 3.07. The molecule has 4 N–H and O–H groups in total. The Kier molecular flexibility index (Phi) is 9.97. The molecule has 0 spiro atoms. The third-order valence-electron chi connectivity index (χ3n) is 5.53. The second-order valence-electron chi connectivity index (χ2n) is 11.1. The molecule has 0 aliphatic carbocycles. The fourth-order valence-corrected chi connectivity index (χ4v) is 3.07. The first kappa shape index (κ1) is 28.1. The average molecular weight is 479 g/mol. The zero-order chi connectivity index (χ0) is 27.2. The van der Waals surface area contributed by atoms with Gasteiger partial charge in [0.05, 0.1) is 5.60 Å². The summed E-state index contributed by atoms with van der Waals surface area (Å²) in [7, 11) is -1.26. The molecule has 1 aromatic rings. The summed E-state index contributed by atoms with van der Waals surface area (Å²) in [4.78, 5) is 26.0. The number of benzene rings is 1. The molecule has 34 heavy (non-hydrogen) atoms. The van der Waals surface area contributed by atoms with E-state index < -0.39 is 48.0 Å². The maximum atomic E-state index is 13.4. The van der Waals surface area contributed by atoms with Crippen LogP contribution in [0, 0.1) is 5.92 Å². The first-order valence-corrected chi connectivity index (χ1v) is 11.8. The number of hydrogen-bond donors (Lipinski definition) is 3. The van der Waals surface area contributed by atoms with E-state index in [2.05, 4.69) is 0 Å². The molecule has 0 heterocycles. The number of nitrogens with two attached hydrogens (primary N) is 1. The molecule has 1 rings (SSSR count). The summed E-state index contributed by atoms with van der Waals surface area (Å²) in [6.45, 7) is 15.7. The smallest absolute Gasteiger partial charge is 0.455 e. The third kappa shape index (κ3) is 10.0. The van der Waals surface area contributed by atoms with Crippen molar-refractivity contribution in [2.75, 3.05) is 0 Å². The second kappa shape index (κ2) is 12.0. The zero-order valence-corrected chi connectivity index (χ0v) is 22.1. The minimum atomic E-state index is -1.27. The van der Waals surface area contributed by atoms with Crippen LogP contribution >= 0.6 is 0 Å². The summed E-state index contributed by atoms with van der Waals surface area (Å²) < 4.78 is 25.3. The van der Waals surface area contributed by atoms with Crippen molar-refractivity contribution >= 4 is 19.2 Å². The van der Waals surface area contributed by atoms with E-state index in [-0.39, 0.29) is 12.3 Å². The highest BCUT2D eigenvalue weighted by Crippen LogP contribution is 2.31. The van der Waals surface area contributed by atoms with Crippen molar-refractivity contribution in [3.8, 4) is 0 Å². The van der Waals surface area contributed by atoms with Crippen molar-refractivity contribution in [2.24, 2.45) is 11.7 Å². The normalized spacial score (nSPS) is 14.8. The van der Waals surface area contributed by atoms with Crippen LogP contribution in [0.25, 0.3) is 0 Å². The first-order chi connectivity index (χ1) is 15.9. The fraction of sp³-hybridized carbons (Fsp3) is 0.680. The Bertz CT molecular complexity index is 829. The van der Waals surface area contributed by atoms with Crippen molar-refractivity contribution < 1.29 is 30.2 Å². The van der Waals surface area contributed by atoms with Crippen molar-refractivity contribution in [1.29, 1.82) is 0 Å². The van der Waals surface area contributed by atoms with Gasteiger partial charge in [-0.25, -0.2) is 9.59 Å². The monoisotopic (exact) mass is 479 g/mol. The van der Waals surface area contributed by atoms with Gasteiger partial charge in [-0.3, -0.25) is 0 Å². The molecule has 192 valence electrons. The van der Waals surface area contributed by atoms with Gasteiger partial charge in [-0.2, -0.15) is 0 Å². The number of rotatable bonds is 11. The lowest BCUT2D eigenvalue weighted by Crippen LogP contribution is -2.58. The van der Waals surface area contributed by atoms with E-state index in [0.29, 0.717) is 11.7 Å². The lowest BCUT2D eigenvalue weighted by atomic mass is 9.73. The van der Waals surface area contributed by atoms with Crippen LogP contribution in [0.1, 0.15) is 74.3 Å². The van der Waals surface area contributed by atoms with Crippen molar-refractivity contribution in [2.45, 2.75) is 104 Å². The quantitative estimate of drug-likeness (QED) is 0.327. The summed E-state index contributed by atoms with van der Waals surface area (Å²) in [6.07, 6.45) is -0.346. The van der Waals surface area contributed by atoms with E-state index in [9.17, 15) is 14.6 Å². The molecule has 1 aromatic carbocycles. The van der Waals surface area contributed by atoms with Gasteiger partial charge in [0.1, 0.15) is 17.2 Å². The molecule has 9 heteroatoms. The Morgan fingerprint density at radius 3 is 2.12 bits per heavy atom. The highest BCUT2D eigenvalue weighted by atomic mass is 16.6. The Labute approximate surface area is 206 Å². The highest BCUT2D eigenvalue weighted by Gasteiger charge is 2.46. The molecule has 2 atom stereocenters. The van der Waals surface area contributed by atoms with Crippen LogP contribution in [0.2, 0.25) is 1.41 Å². The van der Waals surface area contributed by atoms with Crippen molar-refractivity contribution in [1.82, 2.24) is 5.31 Å². The first-order valence-electron chi connectivity index (χ1n) is 12.2. The number of nitrogens with one attached hydrogen (secondary N) is 1. The molecule has 0 saturated heterocycles. The lowest BCUT2D eigenvalue weighted by Gasteiger charge is -2.42. The molecular formula is C25H43BN2O6. The molecule has 0 saturated carbocycles. The van der Waals surface area contributed by atoms with Gasteiger partial charge in [-0.05, 0) is 66.4 Å². The highest BCUT2D eigenvalue weighted by molar-refractivity contribution is 6.45. The van der Waals surface area contributed by atoms with Crippen LogP contribution in [0.3, 0.4) is 0 Å². The van der Waals surface area contributed by atoms with E-state index in [1.54, 1.807) is 60.6 Å². The molecule has 0 aliphatic rings. The maximum absolute atomic E-state index is 13.4. The van der Waals surface area contributed by atoms with Crippen LogP contribution in [0.4, 0.5) is 4.79 Å². The summed E-state index contributed by atoms with van der Waals surface area (Å²) in [5.41, 5.74) is 3.59. The third-order valence-corrected chi connectivity index (χ3v) is 5.53. The standard InChI is InChI=1S/C25H43BN2O6/c1-17(2)15-20(27)26(31)34-25(8,9)24(6,7)32-21(29)19(16-18-13-11-10-12-14-18)28-22(30)33-23(3,4)5/h10-14,17,19-20,31H,15-16,27H2,1-9H3,(H,28,30)/t19-,20-/m0/s1/i/hD. The Balaban J connectivity index is 3.11. The SMILES string of the molecule is [2H]N(C(=O)OC(C)(C)C)[C@@H](Cc1ccccc1)C(=O)OC(C)(C)C(C)(C)OB(O)[C@@H](N)CC(C)C. The Hall–Kier alpha value is -2.10. The van der Waals surface area contributed by atoms with Crippen LogP contribution in [-0.2, 0) is 25.3 Å². The Morgan fingerprint density at radius 2 is 1.62 bits per heavy atom. The number of esters is 1. The van der Waals surface area contributed by atoms with Gasteiger partial charge in [-0.15, -0.1) is 0 Å². The van der Waals surface area contributed by atoms with E-state index in [1.807, 2.05) is 32.0 Å². The molecule has 0 fully saturated rings. The lowest BCUT2D eigenvalue weighted by molar-refractivity contribution is -0.181. The van der Waals surface area contributed by atoms with Gasteiger partial charge >= 0.3 is 19.2 Å². The average Bonchev–Trinajstić information content (AvgIpc) is 2.69. The van der Waals surface area contributed by atoms with E-state index in [4.69, 9.17) is 21.3 Å². The topological polar surface area (TPSA) is 120 Å². The molecule has 0 aromatic heterocycles. The number of hydrogen-bond acceptors (Lipinski definition) is 7. The summed E-state index contributed by atoms with van der Waals surface area (Å²) >= 11 is 0. The van der Waals surface area contributed by atoms with Gasteiger partial charge in [0, 0.05) is 12.4 Å². The Morgan fingerprint density at radius 1 is 1.06 bits per heavy atom. The predicted octanol–water partition coefficient (Wildman–Crippen LogP) is 3.63. The van der Waals surface area contributed by atoms with Crippen LogP contribution in [-0.4, -0.2) is 53.0 Å². The zero-order valence-electron chi connectivity index (χ0n) is 23.1. The minimum Gasteiger partial charge on any atom is -0.455 e. The summed E-state index contributed by atoms with van der Waals surface area (Å²) in [5, 5.41) is 11.0. The summed E-state index contributed by atoms with van der Waals surface area (Å²) in [5.74, 6) is -1.13. The number of carbonyl (C=O) groups is 2. The van der Waals surface area contributed by atoms with Gasteiger partial charge in [0.15, 0.2) is 1.41 Å². The molecule has 0 bridgehead atoms. The van der Waals surface area contributed by atoms with Crippen LogP contribution in [0.15, 0.2) is 30.3 Å². The molecule has 0 radical (unpaired) electrons. The van der Waals surface area contributed by atoms with Gasteiger partial charge < -0.3 is 30.2 Å². The van der Waals surface area contributed by atoms with Gasteiger partial charge in [0.2, 0.25) is 0 Å². The largest absolute Gasteiger partial charge is 0.472 e. The van der Waals surface area contributed by atoms with Crippen molar-refractivity contribution in [3.63, 3.8) is 0 Å². The minimum absolute atomic E-state index is 0.0572. The van der Waals surface area contributed by atoms with Crippen molar-refractivity contribution in [3.05, 3.63) is 35.9 Å². The van der Waals surface area contributed by atoms with E-state index in [1.165, 1.54) is 0 Å². The number of amides is 1. The molecular weight excluding hydrogens is 435 g/mol. The van der Waals surface area contributed by atoms with E-state index >= 15 is 0 Å². The number of carbonyl (C=O) groups excluding carboxylic acids is 2. The maximum Gasteiger partial charge on any atom is 0.472 e. The van der Waals surface area contributed by atoms with E-state index in [0.717, 1.165) is 5.56 Å². The molecule has 1 amide bonds. The predicted molar refractivity (Wildman–Crippen MR) is 134 cm³/mol.